The van der Waals surface area contributed by atoms with E-state index in [0.717, 1.165) is 96.3 Å². The van der Waals surface area contributed by atoms with Gasteiger partial charge in [0.05, 0.1) is 39.6 Å². The van der Waals surface area contributed by atoms with Crippen LogP contribution in [0.2, 0.25) is 0 Å². The Bertz CT molecular complexity index is 2400. The average Bonchev–Trinajstić information content (AvgIpc) is 0.812. The molecule has 0 aliphatic carbocycles. The molecule has 0 unspecified atom stereocenters. The summed E-state index contributed by atoms with van der Waals surface area (Å²) in [5.41, 5.74) is 0. The summed E-state index contributed by atoms with van der Waals surface area (Å²) >= 11 is 0. The zero-order valence-electron chi connectivity index (χ0n) is 72.2. The molecule has 1 aliphatic rings. The zero-order chi connectivity index (χ0) is 79.2. The van der Waals surface area contributed by atoms with E-state index in [-0.39, 0.29) is 37.3 Å². The summed E-state index contributed by atoms with van der Waals surface area (Å²) in [6.07, 6.45) is 70.9. The molecule has 0 radical (unpaired) electrons. The van der Waals surface area contributed by atoms with Gasteiger partial charge in [-0.15, -0.1) is 0 Å². The molecular formula is C96H165N3O12. The third kappa shape index (κ3) is 50.3. The molecule has 3 aromatic carbocycles. The highest BCUT2D eigenvalue weighted by Gasteiger charge is 2.36. The van der Waals surface area contributed by atoms with E-state index in [0.29, 0.717) is 74.1 Å². The predicted molar refractivity (Wildman–Crippen MR) is 462 cm³/mol. The number of nitrogens with zero attached hydrogens (tertiary/aromatic N) is 3. The van der Waals surface area contributed by atoms with Gasteiger partial charge in [0.2, 0.25) is 0 Å². The highest BCUT2D eigenvalue weighted by molar-refractivity contribution is 5.77. The van der Waals surface area contributed by atoms with E-state index in [1.807, 2.05) is 18.2 Å². The minimum atomic E-state index is -0.789. The zero-order valence-corrected chi connectivity index (χ0v) is 72.2. The largest absolute Gasteiger partial charge is 0.490 e. The molecule has 1 heterocycles. The number of rotatable bonds is 75. The minimum Gasteiger partial charge on any atom is -0.490 e. The summed E-state index contributed by atoms with van der Waals surface area (Å²) in [5.74, 6) is 4.01. The third-order valence-electron chi connectivity index (χ3n) is 21.7. The smallest absolute Gasteiger partial charge is 0.418 e. The summed E-state index contributed by atoms with van der Waals surface area (Å²) in [7, 11) is 0. The van der Waals surface area contributed by atoms with Crippen LogP contribution in [0.5, 0.6) is 51.7 Å². The van der Waals surface area contributed by atoms with Crippen LogP contribution in [0.1, 0.15) is 427 Å². The number of unbranched alkanes of at least 4 members (excludes halogenated alkanes) is 54. The van der Waals surface area contributed by atoms with Crippen LogP contribution in [-0.4, -0.2) is 92.6 Å². The number of benzene rings is 3. The molecule has 3 aromatic rings. The van der Waals surface area contributed by atoms with Gasteiger partial charge in [0.25, 0.3) is 0 Å². The van der Waals surface area contributed by atoms with Gasteiger partial charge >= 0.3 is 18.3 Å². The van der Waals surface area contributed by atoms with Crippen molar-refractivity contribution in [1.82, 2.24) is 14.7 Å². The summed E-state index contributed by atoms with van der Waals surface area (Å²) < 4.78 is 57.3. The number of carbonyl (C=O) groups excluding carboxylic acids is 3. The Kier molecular flexibility index (Phi) is 61.3. The summed E-state index contributed by atoms with van der Waals surface area (Å²) in [6, 6.07) is 15.7. The predicted octanol–water partition coefficient (Wildman–Crippen LogP) is 30.2. The SMILES string of the molecule is CCCCCCCCCCCCOc1ccc(OC(=O)N2CN(C(=O)Oc3ccc(OCCCCCCCCCCCC)c(OCCCCCCCCCCCC)c3)CN(C(=O)Oc3ccc(OCCCCCCCCCCCC)c(OCCCCCCCCCCCC)c3)C2)cc1OCCCCCCCCCCCC. The molecule has 15 heteroatoms. The Morgan fingerprint density at radius 2 is 0.351 bits per heavy atom. The van der Waals surface area contributed by atoms with Crippen molar-refractivity contribution in [3.8, 4) is 51.7 Å². The van der Waals surface area contributed by atoms with Crippen molar-refractivity contribution >= 4 is 18.3 Å². The van der Waals surface area contributed by atoms with Crippen LogP contribution >= 0.6 is 0 Å². The lowest BCUT2D eigenvalue weighted by Crippen LogP contribution is -2.60. The Balaban J connectivity index is 1.58. The second kappa shape index (κ2) is 69.7. The second-order valence-corrected chi connectivity index (χ2v) is 32.2. The topological polar surface area (TPSA) is 144 Å². The first-order chi connectivity index (χ1) is 54.7. The second-order valence-electron chi connectivity index (χ2n) is 32.2. The molecule has 0 spiro atoms. The minimum absolute atomic E-state index is 0.236. The van der Waals surface area contributed by atoms with Crippen LogP contribution in [0.15, 0.2) is 54.6 Å². The van der Waals surface area contributed by atoms with Crippen molar-refractivity contribution < 1.29 is 57.0 Å². The van der Waals surface area contributed by atoms with Gasteiger partial charge in [-0.1, -0.05) is 388 Å². The fourth-order valence-electron chi connectivity index (χ4n) is 14.6. The first-order valence-corrected chi connectivity index (χ1v) is 46.8. The maximum Gasteiger partial charge on any atom is 0.418 e. The number of amides is 3. The molecule has 0 aromatic heterocycles. The average molecular weight is 1550 g/mol. The molecule has 0 atom stereocenters. The van der Waals surface area contributed by atoms with Gasteiger partial charge < -0.3 is 42.6 Å². The Morgan fingerprint density at radius 1 is 0.207 bits per heavy atom. The van der Waals surface area contributed by atoms with Crippen molar-refractivity contribution in [2.24, 2.45) is 0 Å². The van der Waals surface area contributed by atoms with Gasteiger partial charge in [0.1, 0.15) is 37.3 Å². The number of ether oxygens (including phenoxy) is 9. The van der Waals surface area contributed by atoms with E-state index in [4.69, 9.17) is 42.6 Å². The van der Waals surface area contributed by atoms with E-state index in [2.05, 4.69) is 41.5 Å². The van der Waals surface area contributed by atoms with Crippen LogP contribution in [0.3, 0.4) is 0 Å². The molecule has 111 heavy (non-hydrogen) atoms. The highest BCUT2D eigenvalue weighted by atomic mass is 16.6. The van der Waals surface area contributed by atoms with Gasteiger partial charge in [-0.05, 0) is 74.9 Å². The van der Waals surface area contributed by atoms with Gasteiger partial charge in [-0.25, -0.2) is 14.4 Å². The number of hydrogen-bond acceptors (Lipinski definition) is 12. The maximum atomic E-state index is 14.8. The summed E-state index contributed by atoms with van der Waals surface area (Å²) in [4.78, 5) is 48.2. The molecule has 0 saturated carbocycles. The lowest BCUT2D eigenvalue weighted by atomic mass is 10.1. The third-order valence-corrected chi connectivity index (χ3v) is 21.7. The lowest BCUT2D eigenvalue weighted by molar-refractivity contribution is 0.00252. The fourth-order valence-corrected chi connectivity index (χ4v) is 14.6. The van der Waals surface area contributed by atoms with Gasteiger partial charge in [0, 0.05) is 18.2 Å². The molecule has 4 rings (SSSR count). The first kappa shape index (κ1) is 97.6. The number of hydrogen-bond donors (Lipinski definition) is 0. The van der Waals surface area contributed by atoms with Crippen LogP contribution in [0, 0.1) is 0 Å². The Labute approximate surface area is 679 Å². The standard InChI is InChI=1S/C96H165N3O12/c1-7-13-19-25-31-37-43-49-55-61-73-103-88-70-67-85(79-91(88)106-76-64-58-52-46-40-34-28-22-16-10-4)109-94(100)97-82-98(95(101)110-86-68-71-89(104-74-62-56-50-44-38-32-26-20-14-8-2)92(80-86)107-77-65-59-53-47-41-35-29-23-17-11-5)84-99(83-97)96(102)111-87-69-72-90(105-75-63-57-51-45-39-33-27-21-15-9-3)93(81-87)108-78-66-60-54-48-42-36-30-24-18-12-6/h67-72,79-81H,7-66,73-78,82-84H2,1-6H3. The molecule has 0 bridgehead atoms. The first-order valence-electron chi connectivity index (χ1n) is 46.8. The summed E-state index contributed by atoms with van der Waals surface area (Å²) in [6.45, 7) is 15.9. The van der Waals surface area contributed by atoms with Crippen molar-refractivity contribution in [3.63, 3.8) is 0 Å². The Hall–Kier alpha value is -5.73. The van der Waals surface area contributed by atoms with Crippen LogP contribution in [0.25, 0.3) is 0 Å². The molecule has 0 N–H and O–H groups in total. The molecule has 636 valence electrons. The van der Waals surface area contributed by atoms with E-state index in [1.54, 1.807) is 36.4 Å². The molecule has 1 aliphatic heterocycles. The summed E-state index contributed by atoms with van der Waals surface area (Å²) in [5, 5.41) is 0. The normalized spacial score (nSPS) is 12.2. The van der Waals surface area contributed by atoms with Gasteiger partial charge in [-0.3, -0.25) is 14.7 Å². The van der Waals surface area contributed by atoms with Gasteiger partial charge in [-0.2, -0.15) is 0 Å². The van der Waals surface area contributed by atoms with E-state index in [9.17, 15) is 14.4 Å². The van der Waals surface area contributed by atoms with Gasteiger partial charge in [0.15, 0.2) is 34.5 Å². The monoisotopic (exact) mass is 1550 g/mol. The lowest BCUT2D eigenvalue weighted by Gasteiger charge is -2.40. The molecule has 3 amide bonds. The molecule has 1 fully saturated rings. The van der Waals surface area contributed by atoms with Crippen molar-refractivity contribution in [3.05, 3.63) is 54.6 Å². The van der Waals surface area contributed by atoms with Crippen molar-refractivity contribution in [2.75, 3.05) is 59.6 Å². The van der Waals surface area contributed by atoms with Crippen molar-refractivity contribution in [2.45, 2.75) is 427 Å². The Morgan fingerprint density at radius 3 is 0.514 bits per heavy atom. The molecule has 15 nitrogen and oxygen atoms in total. The van der Waals surface area contributed by atoms with E-state index in [1.165, 1.54) is 304 Å². The van der Waals surface area contributed by atoms with E-state index >= 15 is 0 Å². The quantitative estimate of drug-likeness (QED) is 0.0496. The molecular weight excluding hydrogens is 1390 g/mol. The van der Waals surface area contributed by atoms with E-state index < -0.39 is 18.3 Å². The van der Waals surface area contributed by atoms with Crippen LogP contribution in [0.4, 0.5) is 14.4 Å². The number of carbonyl (C=O) groups is 3. The highest BCUT2D eigenvalue weighted by Crippen LogP contribution is 2.37. The molecule has 1 saturated heterocycles. The maximum absolute atomic E-state index is 14.8. The van der Waals surface area contributed by atoms with Crippen LogP contribution < -0.4 is 42.6 Å². The van der Waals surface area contributed by atoms with Crippen molar-refractivity contribution in [1.29, 1.82) is 0 Å². The fraction of sp³-hybridized carbons (Fsp3) is 0.781. The van der Waals surface area contributed by atoms with Crippen LogP contribution in [-0.2, 0) is 0 Å².